The minimum atomic E-state index is -0.358. The highest BCUT2D eigenvalue weighted by molar-refractivity contribution is 6.33. The van der Waals surface area contributed by atoms with E-state index in [0.717, 1.165) is 18.4 Å². The molecule has 16 heavy (non-hydrogen) atoms. The van der Waals surface area contributed by atoms with Gasteiger partial charge >= 0.3 is 0 Å². The summed E-state index contributed by atoms with van der Waals surface area (Å²) in [5.41, 5.74) is 6.94. The summed E-state index contributed by atoms with van der Waals surface area (Å²) in [5.74, 6) is 1.00. The van der Waals surface area contributed by atoms with E-state index in [1.165, 1.54) is 0 Å². The standard InChI is InChI=1S/C11H10ClNO3/c12-8-3-7(11(13)1-2-11)10-9(6(8)4-14)15-5-16-10/h3-4H,1-2,5,13H2. The number of aldehydes is 1. The lowest BCUT2D eigenvalue weighted by atomic mass is 10.0. The topological polar surface area (TPSA) is 61.6 Å². The summed E-state index contributed by atoms with van der Waals surface area (Å²) in [6.07, 6.45) is 2.48. The van der Waals surface area contributed by atoms with Crippen molar-refractivity contribution in [2.75, 3.05) is 6.79 Å². The molecule has 1 aromatic carbocycles. The maximum atomic E-state index is 10.9. The first-order valence-corrected chi connectivity index (χ1v) is 5.40. The van der Waals surface area contributed by atoms with Gasteiger partial charge in [-0.15, -0.1) is 0 Å². The largest absolute Gasteiger partial charge is 0.453 e. The van der Waals surface area contributed by atoms with E-state index in [-0.39, 0.29) is 12.3 Å². The van der Waals surface area contributed by atoms with Crippen LogP contribution in [0.15, 0.2) is 6.07 Å². The number of carbonyl (C=O) groups is 1. The average molecular weight is 240 g/mol. The number of hydrogen-bond acceptors (Lipinski definition) is 4. The molecule has 1 fully saturated rings. The summed E-state index contributed by atoms with van der Waals surface area (Å²) in [6.45, 7) is 0.111. The molecule has 1 aliphatic carbocycles. The van der Waals surface area contributed by atoms with Crippen molar-refractivity contribution >= 4 is 17.9 Å². The van der Waals surface area contributed by atoms with Gasteiger partial charge in [0.15, 0.2) is 17.8 Å². The third-order valence-corrected chi connectivity index (χ3v) is 3.39. The molecule has 0 spiro atoms. The van der Waals surface area contributed by atoms with Crippen molar-refractivity contribution < 1.29 is 14.3 Å². The molecule has 1 aliphatic heterocycles. The van der Waals surface area contributed by atoms with Gasteiger partial charge in [0.05, 0.1) is 10.6 Å². The number of rotatable bonds is 2. The molecule has 5 heteroatoms. The molecule has 0 bridgehead atoms. The molecular weight excluding hydrogens is 230 g/mol. The highest BCUT2D eigenvalue weighted by Gasteiger charge is 2.44. The van der Waals surface area contributed by atoms with Crippen LogP contribution < -0.4 is 15.2 Å². The molecule has 4 nitrogen and oxygen atoms in total. The molecule has 0 aromatic heterocycles. The van der Waals surface area contributed by atoms with Gasteiger partial charge in [-0.2, -0.15) is 0 Å². The number of nitrogens with two attached hydrogens (primary N) is 1. The second-order valence-electron chi connectivity index (χ2n) is 4.16. The van der Waals surface area contributed by atoms with Crippen molar-refractivity contribution in [1.82, 2.24) is 0 Å². The first-order chi connectivity index (χ1) is 7.65. The Bertz CT molecular complexity index is 483. The molecule has 0 radical (unpaired) electrons. The molecule has 3 rings (SSSR count). The summed E-state index contributed by atoms with van der Waals surface area (Å²) in [7, 11) is 0. The molecule has 1 saturated carbocycles. The highest BCUT2D eigenvalue weighted by Crippen LogP contribution is 2.52. The zero-order valence-electron chi connectivity index (χ0n) is 8.46. The van der Waals surface area contributed by atoms with E-state index < -0.39 is 0 Å². The number of carbonyl (C=O) groups excluding carboxylic acids is 1. The van der Waals surface area contributed by atoms with Crippen LogP contribution >= 0.6 is 11.6 Å². The van der Waals surface area contributed by atoms with Gasteiger partial charge in [-0.1, -0.05) is 11.6 Å². The van der Waals surface area contributed by atoms with Gasteiger partial charge in [0.2, 0.25) is 6.79 Å². The predicted molar refractivity (Wildman–Crippen MR) is 58.1 cm³/mol. The fourth-order valence-electron chi connectivity index (χ4n) is 1.94. The van der Waals surface area contributed by atoms with Crippen molar-refractivity contribution in [3.05, 3.63) is 22.2 Å². The van der Waals surface area contributed by atoms with Crippen LogP contribution in [0.25, 0.3) is 0 Å². The number of hydrogen-bond donors (Lipinski definition) is 1. The lowest BCUT2D eigenvalue weighted by Gasteiger charge is -2.14. The Kier molecular flexibility index (Phi) is 1.94. The van der Waals surface area contributed by atoms with Gasteiger partial charge < -0.3 is 15.2 Å². The van der Waals surface area contributed by atoms with E-state index >= 15 is 0 Å². The van der Waals surface area contributed by atoms with Crippen LogP contribution in [0.5, 0.6) is 11.5 Å². The second-order valence-corrected chi connectivity index (χ2v) is 4.57. The Morgan fingerprint density at radius 2 is 2.06 bits per heavy atom. The lowest BCUT2D eigenvalue weighted by molar-refractivity contribution is 0.111. The molecule has 0 unspecified atom stereocenters. The first-order valence-electron chi connectivity index (χ1n) is 5.02. The van der Waals surface area contributed by atoms with Gasteiger partial charge in [0.1, 0.15) is 0 Å². The molecule has 84 valence electrons. The van der Waals surface area contributed by atoms with Gasteiger partial charge in [-0.25, -0.2) is 0 Å². The van der Waals surface area contributed by atoms with E-state index in [2.05, 4.69) is 0 Å². The second kappa shape index (κ2) is 3.12. The third kappa shape index (κ3) is 1.23. The fraction of sp³-hybridized carbons (Fsp3) is 0.364. The van der Waals surface area contributed by atoms with Gasteiger partial charge in [0.25, 0.3) is 0 Å². The van der Waals surface area contributed by atoms with Crippen LogP contribution in [0.4, 0.5) is 0 Å². The Morgan fingerprint density at radius 1 is 1.38 bits per heavy atom. The zero-order valence-corrected chi connectivity index (χ0v) is 9.21. The number of halogens is 1. The minimum Gasteiger partial charge on any atom is -0.453 e. The number of benzene rings is 1. The number of fused-ring (bicyclic) bond motifs is 1. The van der Waals surface area contributed by atoms with Crippen LogP contribution in [-0.4, -0.2) is 13.1 Å². The monoisotopic (exact) mass is 239 g/mol. The molecule has 0 amide bonds. The Balaban J connectivity index is 2.25. The third-order valence-electron chi connectivity index (χ3n) is 3.07. The van der Waals surface area contributed by atoms with Gasteiger partial charge in [-0.05, 0) is 18.9 Å². The summed E-state index contributed by atoms with van der Waals surface area (Å²) in [6, 6.07) is 1.71. The molecule has 1 heterocycles. The van der Waals surface area contributed by atoms with E-state index in [0.29, 0.717) is 28.4 Å². The summed E-state index contributed by atoms with van der Waals surface area (Å²) >= 11 is 6.02. The Morgan fingerprint density at radius 3 is 2.69 bits per heavy atom. The van der Waals surface area contributed by atoms with E-state index in [1.54, 1.807) is 6.07 Å². The molecule has 2 N–H and O–H groups in total. The van der Waals surface area contributed by atoms with Crippen molar-refractivity contribution in [3.63, 3.8) is 0 Å². The normalized spacial score (nSPS) is 19.6. The van der Waals surface area contributed by atoms with Crippen molar-refractivity contribution in [2.24, 2.45) is 5.73 Å². The summed E-state index contributed by atoms with van der Waals surface area (Å²) < 4.78 is 10.6. The molecule has 0 saturated heterocycles. The lowest BCUT2D eigenvalue weighted by Crippen LogP contribution is -2.19. The van der Waals surface area contributed by atoms with Crippen molar-refractivity contribution in [1.29, 1.82) is 0 Å². The Hall–Kier alpha value is -1.26. The van der Waals surface area contributed by atoms with Crippen LogP contribution in [0.1, 0.15) is 28.8 Å². The van der Waals surface area contributed by atoms with Crippen LogP contribution in [0, 0.1) is 0 Å². The van der Waals surface area contributed by atoms with Crippen molar-refractivity contribution in [2.45, 2.75) is 18.4 Å². The van der Waals surface area contributed by atoms with Crippen LogP contribution in [0.2, 0.25) is 5.02 Å². The summed E-state index contributed by atoms with van der Waals surface area (Å²) in [4.78, 5) is 10.9. The average Bonchev–Trinajstić information content (AvgIpc) is 2.83. The van der Waals surface area contributed by atoms with Gasteiger partial charge in [-0.3, -0.25) is 4.79 Å². The maximum absolute atomic E-state index is 10.9. The zero-order chi connectivity index (χ0) is 11.3. The quantitative estimate of drug-likeness (QED) is 0.800. The van der Waals surface area contributed by atoms with Crippen LogP contribution in [0.3, 0.4) is 0 Å². The maximum Gasteiger partial charge on any atom is 0.231 e. The first kappa shape index (κ1) is 9.93. The van der Waals surface area contributed by atoms with Gasteiger partial charge in [0, 0.05) is 11.1 Å². The Labute approximate surface area is 97.3 Å². The minimum absolute atomic E-state index is 0.111. The van der Waals surface area contributed by atoms with Crippen molar-refractivity contribution in [3.8, 4) is 11.5 Å². The SMILES string of the molecule is NC1(c2cc(Cl)c(C=O)c3c2OCO3)CC1. The predicted octanol–water partition coefficient (Wildman–Crippen LogP) is 1.83. The van der Waals surface area contributed by atoms with E-state index in [9.17, 15) is 4.79 Å². The van der Waals surface area contributed by atoms with Crippen LogP contribution in [-0.2, 0) is 5.54 Å². The molecule has 1 aromatic rings. The summed E-state index contributed by atoms with van der Waals surface area (Å²) in [5, 5.41) is 0.367. The number of ether oxygens (including phenoxy) is 2. The smallest absolute Gasteiger partial charge is 0.231 e. The van der Waals surface area contributed by atoms with E-state index in [1.807, 2.05) is 0 Å². The molecule has 0 atom stereocenters. The molecular formula is C11H10ClNO3. The fourth-order valence-corrected chi connectivity index (χ4v) is 2.18. The highest BCUT2D eigenvalue weighted by atomic mass is 35.5. The van der Waals surface area contributed by atoms with E-state index in [4.69, 9.17) is 26.8 Å². The molecule has 2 aliphatic rings.